The van der Waals surface area contributed by atoms with Crippen molar-refractivity contribution in [2.45, 2.75) is 16.9 Å². The van der Waals surface area contributed by atoms with Crippen LogP contribution in [0.1, 0.15) is 5.56 Å². The van der Waals surface area contributed by atoms with Crippen LogP contribution in [0.4, 0.5) is 0 Å². The zero-order valence-electron chi connectivity index (χ0n) is 7.14. The molecule has 0 aromatic carbocycles. The van der Waals surface area contributed by atoms with Gasteiger partial charge in [-0.2, -0.15) is 0 Å². The summed E-state index contributed by atoms with van der Waals surface area (Å²) in [5, 5.41) is 10.4. The number of hydrogen-bond acceptors (Lipinski definition) is 4. The molecule has 1 saturated heterocycles. The van der Waals surface area contributed by atoms with E-state index in [1.165, 1.54) is 0 Å². The highest BCUT2D eigenvalue weighted by molar-refractivity contribution is 8.00. The number of thioether (sulfide) groups is 1. The smallest absolute Gasteiger partial charge is 0.0964 e. The van der Waals surface area contributed by atoms with Crippen LogP contribution in [0.5, 0.6) is 0 Å². The Balaban J connectivity index is 1.96. The van der Waals surface area contributed by atoms with E-state index in [0.717, 1.165) is 23.8 Å². The summed E-state index contributed by atoms with van der Waals surface area (Å²) < 4.78 is 5.06. The lowest BCUT2D eigenvalue weighted by Gasteiger charge is -2.24. The van der Waals surface area contributed by atoms with Crippen molar-refractivity contribution in [1.82, 2.24) is 4.98 Å². The lowest BCUT2D eigenvalue weighted by atomic mass is 10.3. The molecule has 0 unspecified atom stereocenters. The van der Waals surface area contributed by atoms with E-state index >= 15 is 0 Å². The molecular weight excluding hydrogens is 186 g/mol. The summed E-state index contributed by atoms with van der Waals surface area (Å²) in [6.07, 6.45) is 1.71. The van der Waals surface area contributed by atoms with Crippen LogP contribution in [0.15, 0.2) is 23.4 Å². The summed E-state index contributed by atoms with van der Waals surface area (Å²) in [5.41, 5.74) is 0.856. The van der Waals surface area contributed by atoms with Crippen molar-refractivity contribution in [1.29, 1.82) is 0 Å². The molecule has 1 N–H and O–H groups in total. The lowest BCUT2D eigenvalue weighted by Crippen LogP contribution is -2.30. The number of hydrogen-bond donors (Lipinski definition) is 1. The Hall–Kier alpha value is -0.580. The first-order valence-corrected chi connectivity index (χ1v) is 5.06. The van der Waals surface area contributed by atoms with Gasteiger partial charge in [0.2, 0.25) is 0 Å². The fraction of sp³-hybridized carbons (Fsp3) is 0.444. The third-order valence-electron chi connectivity index (χ3n) is 1.88. The summed E-state index contributed by atoms with van der Waals surface area (Å²) in [7, 11) is 0. The maximum atomic E-state index is 8.80. The summed E-state index contributed by atoms with van der Waals surface area (Å²) >= 11 is 1.73. The molecule has 2 rings (SSSR count). The van der Waals surface area contributed by atoms with Gasteiger partial charge in [-0.05, 0) is 11.6 Å². The Kier molecular flexibility index (Phi) is 2.83. The van der Waals surface area contributed by atoms with E-state index in [4.69, 9.17) is 9.84 Å². The predicted molar refractivity (Wildman–Crippen MR) is 50.6 cm³/mol. The zero-order chi connectivity index (χ0) is 9.10. The van der Waals surface area contributed by atoms with Crippen molar-refractivity contribution >= 4 is 11.8 Å². The van der Waals surface area contributed by atoms with E-state index < -0.39 is 0 Å². The van der Waals surface area contributed by atoms with Crippen LogP contribution in [0.2, 0.25) is 0 Å². The maximum absolute atomic E-state index is 8.80. The fourth-order valence-corrected chi connectivity index (χ4v) is 1.96. The van der Waals surface area contributed by atoms with Gasteiger partial charge in [-0.25, -0.2) is 4.98 Å². The minimum absolute atomic E-state index is 0.0600. The normalized spacial score (nSPS) is 17.0. The van der Waals surface area contributed by atoms with Crippen molar-refractivity contribution in [3.8, 4) is 0 Å². The fourth-order valence-electron chi connectivity index (χ4n) is 1.03. The average molecular weight is 197 g/mol. The first-order chi connectivity index (χ1) is 6.38. The number of aliphatic hydroxyl groups is 1. The minimum atomic E-state index is 0.0600. The second kappa shape index (κ2) is 4.09. The Bertz CT molecular complexity index is 271. The van der Waals surface area contributed by atoms with E-state index in [1.807, 2.05) is 12.1 Å². The molecule has 1 aliphatic rings. The van der Waals surface area contributed by atoms with E-state index in [2.05, 4.69) is 4.98 Å². The monoisotopic (exact) mass is 197 g/mol. The number of rotatable bonds is 3. The molecule has 1 aliphatic heterocycles. The first-order valence-electron chi connectivity index (χ1n) is 4.18. The van der Waals surface area contributed by atoms with Gasteiger partial charge in [-0.3, -0.25) is 0 Å². The topological polar surface area (TPSA) is 42.4 Å². The lowest BCUT2D eigenvalue weighted by molar-refractivity contribution is 0.0454. The number of pyridine rings is 1. The molecule has 3 nitrogen and oxygen atoms in total. The molecule has 2 heterocycles. The molecule has 13 heavy (non-hydrogen) atoms. The Morgan fingerprint density at radius 1 is 1.54 bits per heavy atom. The molecule has 1 aromatic heterocycles. The van der Waals surface area contributed by atoms with Gasteiger partial charge in [-0.1, -0.05) is 17.8 Å². The maximum Gasteiger partial charge on any atom is 0.0964 e. The highest BCUT2D eigenvalue weighted by atomic mass is 32.2. The third-order valence-corrected chi connectivity index (χ3v) is 2.96. The predicted octanol–water partition coefficient (Wildman–Crippen LogP) is 1.06. The molecule has 4 heteroatoms. The van der Waals surface area contributed by atoms with E-state index in [9.17, 15) is 0 Å². The van der Waals surface area contributed by atoms with Gasteiger partial charge in [0.25, 0.3) is 0 Å². The molecule has 0 atom stereocenters. The molecule has 70 valence electrons. The van der Waals surface area contributed by atoms with E-state index in [-0.39, 0.29) is 6.61 Å². The quantitative estimate of drug-likeness (QED) is 0.787. The number of aromatic nitrogens is 1. The number of nitrogens with zero attached hydrogens (tertiary/aromatic N) is 1. The molecule has 1 fully saturated rings. The number of aliphatic hydroxyl groups excluding tert-OH is 1. The van der Waals surface area contributed by atoms with Crippen LogP contribution in [0, 0.1) is 0 Å². The Labute approximate surface area is 81.1 Å². The second-order valence-corrected chi connectivity index (χ2v) is 4.26. The molecule has 0 radical (unpaired) electrons. The molecule has 0 aliphatic carbocycles. The van der Waals surface area contributed by atoms with Crippen LogP contribution in [0.3, 0.4) is 0 Å². The van der Waals surface area contributed by atoms with Gasteiger partial charge in [0.05, 0.1) is 30.1 Å². The summed E-state index contributed by atoms with van der Waals surface area (Å²) in [5.74, 6) is 0. The van der Waals surface area contributed by atoms with E-state index in [0.29, 0.717) is 5.25 Å². The standard InChI is InChI=1S/C9H11NO2S/c11-4-7-1-2-9(10-3-7)13-8-5-12-6-8/h1-3,8,11H,4-6H2. The largest absolute Gasteiger partial charge is 0.392 e. The summed E-state index contributed by atoms with van der Waals surface area (Å²) in [6.45, 7) is 1.71. The van der Waals surface area contributed by atoms with Gasteiger partial charge in [0.15, 0.2) is 0 Å². The minimum Gasteiger partial charge on any atom is -0.392 e. The van der Waals surface area contributed by atoms with Crippen molar-refractivity contribution < 1.29 is 9.84 Å². The molecule has 0 spiro atoms. The van der Waals surface area contributed by atoms with Crippen LogP contribution >= 0.6 is 11.8 Å². The van der Waals surface area contributed by atoms with Crippen molar-refractivity contribution in [3.05, 3.63) is 23.9 Å². The highest BCUT2D eigenvalue weighted by Crippen LogP contribution is 2.26. The SMILES string of the molecule is OCc1ccc(SC2COC2)nc1. The Morgan fingerprint density at radius 3 is 2.85 bits per heavy atom. The van der Waals surface area contributed by atoms with E-state index in [1.54, 1.807) is 18.0 Å². The number of ether oxygens (including phenoxy) is 1. The van der Waals surface area contributed by atoms with Gasteiger partial charge >= 0.3 is 0 Å². The van der Waals surface area contributed by atoms with Gasteiger partial charge in [0.1, 0.15) is 0 Å². The highest BCUT2D eigenvalue weighted by Gasteiger charge is 2.19. The Morgan fingerprint density at radius 2 is 2.38 bits per heavy atom. The van der Waals surface area contributed by atoms with Gasteiger partial charge < -0.3 is 9.84 Å². The molecule has 0 amide bonds. The molecule has 0 bridgehead atoms. The third kappa shape index (κ3) is 2.21. The summed E-state index contributed by atoms with van der Waals surface area (Å²) in [6, 6.07) is 3.84. The second-order valence-electron chi connectivity index (χ2n) is 2.94. The van der Waals surface area contributed by atoms with Gasteiger partial charge in [0, 0.05) is 6.20 Å². The zero-order valence-corrected chi connectivity index (χ0v) is 7.96. The van der Waals surface area contributed by atoms with Crippen molar-refractivity contribution in [3.63, 3.8) is 0 Å². The molecular formula is C9H11NO2S. The van der Waals surface area contributed by atoms with Crippen LogP contribution in [-0.2, 0) is 11.3 Å². The first kappa shape index (κ1) is 8.99. The summed E-state index contributed by atoms with van der Waals surface area (Å²) in [4.78, 5) is 4.22. The van der Waals surface area contributed by atoms with Crippen LogP contribution in [-0.4, -0.2) is 28.6 Å². The molecule has 1 aromatic rings. The van der Waals surface area contributed by atoms with Crippen LogP contribution < -0.4 is 0 Å². The van der Waals surface area contributed by atoms with Crippen LogP contribution in [0.25, 0.3) is 0 Å². The van der Waals surface area contributed by atoms with Crippen molar-refractivity contribution in [2.75, 3.05) is 13.2 Å². The average Bonchev–Trinajstić information content (AvgIpc) is 2.12. The molecule has 0 saturated carbocycles. The van der Waals surface area contributed by atoms with Crippen molar-refractivity contribution in [2.24, 2.45) is 0 Å². The van der Waals surface area contributed by atoms with Gasteiger partial charge in [-0.15, -0.1) is 0 Å².